The molecule has 1 heterocycles. The van der Waals surface area contributed by atoms with E-state index in [1.807, 2.05) is 18.2 Å². The van der Waals surface area contributed by atoms with Crippen LogP contribution in [-0.4, -0.2) is 42.3 Å². The number of carbonyl (C=O) groups is 1. The second-order valence-electron chi connectivity index (χ2n) is 7.20. The molecule has 0 aromatic heterocycles. The maximum atomic E-state index is 11.0. The first-order valence-corrected chi connectivity index (χ1v) is 10.0. The summed E-state index contributed by atoms with van der Waals surface area (Å²) in [7, 11) is 0. The van der Waals surface area contributed by atoms with Gasteiger partial charge < -0.3 is 15.2 Å². The van der Waals surface area contributed by atoms with Gasteiger partial charge in [-0.2, -0.15) is 5.26 Å². The fraction of sp³-hybridized carbons (Fsp3) is 0.391. The van der Waals surface area contributed by atoms with Gasteiger partial charge in [-0.15, -0.1) is 0 Å². The molecule has 2 aromatic rings. The highest BCUT2D eigenvalue weighted by molar-refractivity contribution is 5.68. The summed E-state index contributed by atoms with van der Waals surface area (Å²) in [6, 6.07) is 16.0. The number of benzene rings is 2. The number of ether oxygens (including phenoxy) is 1. The molecule has 1 atom stereocenters. The third-order valence-electron chi connectivity index (χ3n) is 5.27. The Bertz CT molecular complexity index is 868. The maximum absolute atomic E-state index is 11.0. The van der Waals surface area contributed by atoms with Crippen molar-refractivity contribution in [1.29, 1.82) is 5.26 Å². The van der Waals surface area contributed by atoms with E-state index in [1.165, 1.54) is 5.56 Å². The topological polar surface area (TPSA) is 85.6 Å². The molecule has 0 unspecified atom stereocenters. The number of nitrogens with one attached hydrogen (secondary N) is 1. The van der Waals surface area contributed by atoms with Gasteiger partial charge in [0.15, 0.2) is 0 Å². The first-order chi connectivity index (χ1) is 14.1. The first-order valence-electron chi connectivity index (χ1n) is 10.0. The number of rotatable bonds is 8. The van der Waals surface area contributed by atoms with Crippen molar-refractivity contribution in [3.63, 3.8) is 0 Å². The van der Waals surface area contributed by atoms with Gasteiger partial charge in [0, 0.05) is 36.9 Å². The lowest BCUT2D eigenvalue weighted by Gasteiger charge is -2.35. The summed E-state index contributed by atoms with van der Waals surface area (Å²) >= 11 is 0. The van der Waals surface area contributed by atoms with Crippen LogP contribution in [0.1, 0.15) is 42.5 Å². The van der Waals surface area contributed by atoms with Gasteiger partial charge in [-0.05, 0) is 54.3 Å². The normalized spacial score (nSPS) is 15.4. The van der Waals surface area contributed by atoms with Crippen LogP contribution in [0.2, 0.25) is 0 Å². The van der Waals surface area contributed by atoms with E-state index in [0.717, 1.165) is 49.7 Å². The summed E-state index contributed by atoms with van der Waals surface area (Å²) in [5.41, 5.74) is 4.68. The summed E-state index contributed by atoms with van der Waals surface area (Å²) in [6.07, 6.45) is 1.57. The molecule has 0 radical (unpaired) electrons. The van der Waals surface area contributed by atoms with Crippen LogP contribution in [0, 0.1) is 11.3 Å². The number of morpholine rings is 1. The smallest absolute Gasteiger partial charge is 0.303 e. The van der Waals surface area contributed by atoms with Gasteiger partial charge in [0.05, 0.1) is 24.8 Å². The molecule has 0 aliphatic carbocycles. The third kappa shape index (κ3) is 5.57. The number of anilines is 2. The Balaban J connectivity index is 1.92. The van der Waals surface area contributed by atoms with Crippen LogP contribution in [-0.2, 0) is 16.0 Å². The van der Waals surface area contributed by atoms with E-state index >= 15 is 0 Å². The monoisotopic (exact) mass is 393 g/mol. The van der Waals surface area contributed by atoms with Gasteiger partial charge in [0.2, 0.25) is 0 Å². The van der Waals surface area contributed by atoms with Crippen molar-refractivity contribution >= 4 is 17.3 Å². The number of aryl methyl sites for hydroxylation is 1. The van der Waals surface area contributed by atoms with Gasteiger partial charge in [-0.1, -0.05) is 19.1 Å². The molecule has 1 saturated heterocycles. The molecular formula is C23H27N3O3. The summed E-state index contributed by atoms with van der Waals surface area (Å²) in [4.78, 5) is 13.4. The largest absolute Gasteiger partial charge is 0.481 e. The highest BCUT2D eigenvalue weighted by Crippen LogP contribution is 2.33. The average molecular weight is 393 g/mol. The van der Waals surface area contributed by atoms with Crippen LogP contribution in [0.5, 0.6) is 0 Å². The van der Waals surface area contributed by atoms with E-state index < -0.39 is 5.97 Å². The lowest BCUT2D eigenvalue weighted by molar-refractivity contribution is -0.136. The molecule has 152 valence electrons. The fourth-order valence-electron chi connectivity index (χ4n) is 3.76. The van der Waals surface area contributed by atoms with Gasteiger partial charge in [-0.25, -0.2) is 0 Å². The van der Waals surface area contributed by atoms with Crippen LogP contribution >= 0.6 is 0 Å². The van der Waals surface area contributed by atoms with Crippen LogP contribution < -0.4 is 5.32 Å². The lowest BCUT2D eigenvalue weighted by Crippen LogP contribution is -2.39. The number of aliphatic carboxylic acids is 1. The number of nitrogens with zero attached hydrogens (tertiary/aromatic N) is 2. The summed E-state index contributed by atoms with van der Waals surface area (Å²) < 4.78 is 5.51. The molecule has 6 heteroatoms. The molecule has 0 spiro atoms. The molecule has 3 rings (SSSR count). The van der Waals surface area contributed by atoms with E-state index in [1.54, 1.807) is 12.1 Å². The Morgan fingerprint density at radius 3 is 2.59 bits per heavy atom. The van der Waals surface area contributed by atoms with Crippen molar-refractivity contribution < 1.29 is 14.6 Å². The molecule has 0 bridgehead atoms. The van der Waals surface area contributed by atoms with Crippen LogP contribution in [0.15, 0.2) is 42.5 Å². The molecule has 1 fully saturated rings. The predicted octanol–water partition coefficient (Wildman–Crippen LogP) is 4.10. The zero-order chi connectivity index (χ0) is 20.6. The van der Waals surface area contributed by atoms with Gasteiger partial charge in [0.25, 0.3) is 0 Å². The van der Waals surface area contributed by atoms with Crippen molar-refractivity contribution in [2.45, 2.75) is 32.2 Å². The highest BCUT2D eigenvalue weighted by Gasteiger charge is 2.23. The predicted molar refractivity (Wildman–Crippen MR) is 112 cm³/mol. The zero-order valence-corrected chi connectivity index (χ0v) is 16.7. The molecule has 1 aliphatic heterocycles. The van der Waals surface area contributed by atoms with Gasteiger partial charge in [0.1, 0.15) is 0 Å². The fourth-order valence-corrected chi connectivity index (χ4v) is 3.76. The zero-order valence-electron chi connectivity index (χ0n) is 16.7. The first kappa shape index (κ1) is 20.8. The third-order valence-corrected chi connectivity index (χ3v) is 5.27. The standard InChI is InChI=1S/C23H27N3O3/c1-2-22(26-11-13-29-14-12-26)20-9-5-17(6-10-23(27)28)15-21(20)25-19-7-3-18(16-24)4-8-19/h3-5,7-9,15,22,25H,2,6,10-14H2,1H3,(H,27,28)/t22-/m1/s1. The van der Waals surface area contributed by atoms with E-state index in [2.05, 4.69) is 35.3 Å². The van der Waals surface area contributed by atoms with Crippen molar-refractivity contribution in [1.82, 2.24) is 4.90 Å². The van der Waals surface area contributed by atoms with Crippen molar-refractivity contribution in [3.05, 3.63) is 59.2 Å². The number of carboxylic acids is 1. The molecule has 2 N–H and O–H groups in total. The lowest BCUT2D eigenvalue weighted by atomic mass is 9.96. The summed E-state index contributed by atoms with van der Waals surface area (Å²) in [5, 5.41) is 21.5. The Morgan fingerprint density at radius 2 is 1.97 bits per heavy atom. The molecule has 6 nitrogen and oxygen atoms in total. The van der Waals surface area contributed by atoms with Gasteiger partial charge in [-0.3, -0.25) is 9.69 Å². The molecule has 29 heavy (non-hydrogen) atoms. The van der Waals surface area contributed by atoms with Crippen molar-refractivity contribution in [2.75, 3.05) is 31.6 Å². The molecule has 2 aromatic carbocycles. The van der Waals surface area contributed by atoms with Crippen LogP contribution in [0.3, 0.4) is 0 Å². The van der Waals surface area contributed by atoms with Crippen LogP contribution in [0.25, 0.3) is 0 Å². The minimum absolute atomic E-state index is 0.107. The minimum atomic E-state index is -0.796. The van der Waals surface area contributed by atoms with Crippen molar-refractivity contribution in [2.24, 2.45) is 0 Å². The molecule has 0 amide bonds. The summed E-state index contributed by atoms with van der Waals surface area (Å²) in [6.45, 7) is 5.46. The Hall–Kier alpha value is -2.88. The van der Waals surface area contributed by atoms with E-state index in [4.69, 9.17) is 15.1 Å². The Morgan fingerprint density at radius 1 is 1.24 bits per heavy atom. The molecule has 1 aliphatic rings. The second kappa shape index (κ2) is 10.1. The highest BCUT2D eigenvalue weighted by atomic mass is 16.5. The number of nitriles is 1. The number of carboxylic acid groups (broad SMARTS) is 1. The van der Waals surface area contributed by atoms with Crippen molar-refractivity contribution in [3.8, 4) is 6.07 Å². The second-order valence-corrected chi connectivity index (χ2v) is 7.20. The van der Waals surface area contributed by atoms with E-state index in [9.17, 15) is 4.79 Å². The number of hydrogen-bond donors (Lipinski definition) is 2. The SMILES string of the molecule is CC[C@H](c1ccc(CCC(=O)O)cc1Nc1ccc(C#N)cc1)N1CCOCC1. The van der Waals surface area contributed by atoms with E-state index in [-0.39, 0.29) is 12.5 Å². The van der Waals surface area contributed by atoms with E-state index in [0.29, 0.717) is 12.0 Å². The number of hydrogen-bond acceptors (Lipinski definition) is 5. The minimum Gasteiger partial charge on any atom is -0.481 e. The van der Waals surface area contributed by atoms with Gasteiger partial charge >= 0.3 is 5.97 Å². The molecule has 0 saturated carbocycles. The summed E-state index contributed by atoms with van der Waals surface area (Å²) in [5.74, 6) is -0.796. The van der Waals surface area contributed by atoms with Crippen LogP contribution in [0.4, 0.5) is 11.4 Å². The quantitative estimate of drug-likeness (QED) is 0.702. The Labute approximate surface area is 171 Å². The maximum Gasteiger partial charge on any atom is 0.303 e. The average Bonchev–Trinajstić information content (AvgIpc) is 2.75. The molecular weight excluding hydrogens is 366 g/mol. The Kier molecular flexibility index (Phi) is 7.23.